The van der Waals surface area contributed by atoms with Crippen LogP contribution in [0.1, 0.15) is 141 Å². The number of nitrogens with one attached hydrogen (secondary N) is 1. The van der Waals surface area contributed by atoms with E-state index in [1.54, 1.807) is 6.08 Å². The standard InChI is InChI=1S/C37H53NO2.C3H6.C2H6/c1-24-28(26-10-12-27(13-11-26)33(39)40-5)16-19-34(2)29(24)17-20-36(4)32(34)15-14-30-31-7-6-18-37(31,22-21-35(30,36)3)38-23-25-8-9-25;1-3-2;1-2/h10-13,16,24-25,29-32,38H,6-9,14-15,17-23H2,1-5H3;3H,1H2,2H3;1-2H3/t24?,29?,30?,31?,32?,34?,35-,36?,37?;;/m1../s1. The third-order valence-electron chi connectivity index (χ3n) is 14.6. The van der Waals surface area contributed by atoms with Crippen LogP contribution in [-0.2, 0) is 4.74 Å². The Morgan fingerprint density at radius 3 is 2.24 bits per heavy atom. The summed E-state index contributed by atoms with van der Waals surface area (Å²) in [6, 6.07) is 8.16. The molecule has 0 heterocycles. The molecule has 1 N–H and O–H groups in total. The van der Waals surface area contributed by atoms with Crippen LogP contribution in [-0.4, -0.2) is 25.2 Å². The molecule has 45 heavy (non-hydrogen) atoms. The normalized spacial score (nSPS) is 41.2. The second-order valence-corrected chi connectivity index (χ2v) is 16.3. The molecule has 0 aliphatic heterocycles. The van der Waals surface area contributed by atoms with Crippen LogP contribution < -0.4 is 5.32 Å². The molecule has 5 saturated carbocycles. The summed E-state index contributed by atoms with van der Waals surface area (Å²) in [6.07, 6.45) is 21.3. The fraction of sp³-hybridized carbons (Fsp3) is 0.738. The van der Waals surface area contributed by atoms with Gasteiger partial charge in [-0.2, -0.15) is 0 Å². The van der Waals surface area contributed by atoms with Crippen molar-refractivity contribution >= 4 is 11.5 Å². The first-order chi connectivity index (χ1) is 21.6. The van der Waals surface area contributed by atoms with Crippen LogP contribution in [0.15, 0.2) is 43.0 Å². The maximum Gasteiger partial charge on any atom is 0.337 e. The second-order valence-electron chi connectivity index (χ2n) is 16.3. The monoisotopic (exact) mass is 616 g/mol. The largest absolute Gasteiger partial charge is 0.465 e. The van der Waals surface area contributed by atoms with Crippen LogP contribution in [0.4, 0.5) is 0 Å². The van der Waals surface area contributed by atoms with Gasteiger partial charge in [0.1, 0.15) is 0 Å². The first-order valence-corrected chi connectivity index (χ1v) is 18.8. The summed E-state index contributed by atoms with van der Waals surface area (Å²) >= 11 is 0. The first-order valence-electron chi connectivity index (χ1n) is 18.8. The number of rotatable bonds is 5. The highest BCUT2D eigenvalue weighted by atomic mass is 16.5. The van der Waals surface area contributed by atoms with Crippen LogP contribution >= 0.6 is 0 Å². The van der Waals surface area contributed by atoms with Crippen molar-refractivity contribution in [1.29, 1.82) is 0 Å². The van der Waals surface area contributed by atoms with Gasteiger partial charge in [-0.3, -0.25) is 0 Å². The summed E-state index contributed by atoms with van der Waals surface area (Å²) in [5, 5.41) is 4.25. The highest BCUT2D eigenvalue weighted by Gasteiger charge is 2.68. The lowest BCUT2D eigenvalue weighted by Gasteiger charge is -2.71. The SMILES string of the molecule is C=CC.CC.COC(=O)c1ccc(C2=CCC3(C)C(CCC4(C)C3CCC3C5CCCC5(NCC5CC5)CC[C@]34C)C2C)cc1. The summed E-state index contributed by atoms with van der Waals surface area (Å²) in [6.45, 7) is 21.3. The van der Waals surface area contributed by atoms with Gasteiger partial charge in [0.25, 0.3) is 0 Å². The molecule has 8 unspecified atom stereocenters. The molecular formula is C42H65NO2. The lowest BCUT2D eigenvalue weighted by molar-refractivity contribution is -0.211. The van der Waals surface area contributed by atoms with E-state index in [0.717, 1.165) is 29.6 Å². The third-order valence-corrected chi connectivity index (χ3v) is 14.6. The van der Waals surface area contributed by atoms with Crippen LogP contribution in [0.2, 0.25) is 0 Å². The van der Waals surface area contributed by atoms with E-state index in [1.807, 2.05) is 32.9 Å². The van der Waals surface area contributed by atoms with Crippen molar-refractivity contribution in [3.05, 3.63) is 54.1 Å². The Morgan fingerprint density at radius 2 is 1.60 bits per heavy atom. The average Bonchev–Trinajstić information content (AvgIpc) is 3.78. The molecule has 0 amide bonds. The first kappa shape index (κ1) is 34.5. The lowest BCUT2D eigenvalue weighted by Crippen LogP contribution is -2.67. The van der Waals surface area contributed by atoms with Gasteiger partial charge in [-0.1, -0.05) is 72.2 Å². The zero-order valence-corrected chi connectivity index (χ0v) is 30.1. The number of fused-ring (bicyclic) bond motifs is 7. The van der Waals surface area contributed by atoms with Crippen LogP contribution in [0.25, 0.3) is 5.57 Å². The Labute approximate surface area is 276 Å². The fourth-order valence-corrected chi connectivity index (χ4v) is 12.1. The molecule has 0 saturated heterocycles. The van der Waals surface area contributed by atoms with E-state index < -0.39 is 0 Å². The zero-order valence-electron chi connectivity index (χ0n) is 30.1. The Hall–Kier alpha value is -1.87. The van der Waals surface area contributed by atoms with Crippen molar-refractivity contribution in [2.24, 2.45) is 51.8 Å². The fourth-order valence-electron chi connectivity index (χ4n) is 12.1. The van der Waals surface area contributed by atoms with Crippen LogP contribution in [0.5, 0.6) is 0 Å². The minimum absolute atomic E-state index is 0.253. The smallest absolute Gasteiger partial charge is 0.337 e. The molecule has 0 spiro atoms. The number of esters is 1. The van der Waals surface area contributed by atoms with Gasteiger partial charge in [0, 0.05) is 5.54 Å². The number of allylic oxidation sites excluding steroid dienone is 3. The maximum atomic E-state index is 12.0. The number of benzene rings is 1. The minimum Gasteiger partial charge on any atom is -0.465 e. The Balaban J connectivity index is 0.000000757. The molecule has 250 valence electrons. The van der Waals surface area contributed by atoms with Gasteiger partial charge in [0.05, 0.1) is 12.7 Å². The maximum absolute atomic E-state index is 12.0. The minimum atomic E-state index is -0.253. The Bertz CT molecular complexity index is 1230. The number of carbonyl (C=O) groups excluding carboxylic acids is 1. The molecule has 9 atom stereocenters. The molecule has 6 aliphatic rings. The quantitative estimate of drug-likeness (QED) is 0.264. The van der Waals surface area contributed by atoms with E-state index in [2.05, 4.69) is 57.8 Å². The van der Waals surface area contributed by atoms with Gasteiger partial charge < -0.3 is 10.1 Å². The number of carbonyl (C=O) groups is 1. The summed E-state index contributed by atoms with van der Waals surface area (Å²) in [5.74, 6) is 4.63. The van der Waals surface area contributed by atoms with Crippen molar-refractivity contribution in [3.8, 4) is 0 Å². The summed E-state index contributed by atoms with van der Waals surface area (Å²) in [7, 11) is 1.46. The molecule has 0 aromatic heterocycles. The van der Waals surface area contributed by atoms with Gasteiger partial charge in [0.15, 0.2) is 0 Å². The molecule has 3 nitrogen and oxygen atoms in total. The molecule has 1 aromatic carbocycles. The van der Waals surface area contributed by atoms with E-state index in [4.69, 9.17) is 4.74 Å². The number of hydrogen-bond acceptors (Lipinski definition) is 3. The molecular weight excluding hydrogens is 550 g/mol. The van der Waals surface area contributed by atoms with Gasteiger partial charge in [-0.05, 0) is 159 Å². The van der Waals surface area contributed by atoms with Crippen LogP contribution in [0.3, 0.4) is 0 Å². The van der Waals surface area contributed by atoms with Gasteiger partial charge in [-0.25, -0.2) is 4.79 Å². The Kier molecular flexibility index (Phi) is 10.2. The van der Waals surface area contributed by atoms with Crippen molar-refractivity contribution < 1.29 is 9.53 Å². The molecule has 7 rings (SSSR count). The topological polar surface area (TPSA) is 38.3 Å². The van der Waals surface area contributed by atoms with E-state index in [-0.39, 0.29) is 5.97 Å². The van der Waals surface area contributed by atoms with E-state index in [1.165, 1.54) is 102 Å². The average molecular weight is 616 g/mol. The zero-order chi connectivity index (χ0) is 32.6. The van der Waals surface area contributed by atoms with Gasteiger partial charge >= 0.3 is 5.97 Å². The predicted octanol–water partition coefficient (Wildman–Crippen LogP) is 10.9. The number of hydrogen-bond donors (Lipinski definition) is 1. The van der Waals surface area contributed by atoms with E-state index in [9.17, 15) is 4.79 Å². The van der Waals surface area contributed by atoms with Crippen molar-refractivity contribution in [2.75, 3.05) is 13.7 Å². The number of ether oxygens (including phenoxy) is 1. The lowest BCUT2D eigenvalue weighted by atomic mass is 9.34. The van der Waals surface area contributed by atoms with Crippen molar-refractivity contribution in [1.82, 2.24) is 5.32 Å². The molecule has 0 bridgehead atoms. The molecule has 0 radical (unpaired) electrons. The highest BCUT2D eigenvalue weighted by molar-refractivity contribution is 5.89. The predicted molar refractivity (Wildman–Crippen MR) is 190 cm³/mol. The number of methoxy groups -OCH3 is 1. The van der Waals surface area contributed by atoms with E-state index in [0.29, 0.717) is 33.3 Å². The summed E-state index contributed by atoms with van der Waals surface area (Å²) in [4.78, 5) is 12.0. The van der Waals surface area contributed by atoms with Gasteiger partial charge in [0.2, 0.25) is 0 Å². The summed E-state index contributed by atoms with van der Waals surface area (Å²) < 4.78 is 4.93. The molecule has 5 fully saturated rings. The van der Waals surface area contributed by atoms with Crippen molar-refractivity contribution in [3.63, 3.8) is 0 Å². The van der Waals surface area contributed by atoms with E-state index >= 15 is 0 Å². The summed E-state index contributed by atoms with van der Waals surface area (Å²) in [5.41, 5.74) is 5.18. The molecule has 6 aliphatic carbocycles. The van der Waals surface area contributed by atoms with Gasteiger partial charge in [-0.15, -0.1) is 6.58 Å². The van der Waals surface area contributed by atoms with Crippen LogP contribution in [0, 0.1) is 51.8 Å². The van der Waals surface area contributed by atoms with Crippen molar-refractivity contribution in [2.45, 2.75) is 131 Å². The third kappa shape index (κ3) is 5.70. The molecule has 1 aromatic rings. The molecule has 3 heteroatoms. The Morgan fingerprint density at radius 1 is 0.911 bits per heavy atom. The second kappa shape index (κ2) is 13.3. The highest BCUT2D eigenvalue weighted by Crippen LogP contribution is 2.75.